The molecule has 1 aromatic heterocycles. The van der Waals surface area contributed by atoms with Crippen molar-refractivity contribution in [2.24, 2.45) is 0 Å². The van der Waals surface area contributed by atoms with Crippen LogP contribution in [0.15, 0.2) is 30.5 Å². The van der Waals surface area contributed by atoms with Crippen LogP contribution in [-0.4, -0.2) is 33.9 Å². The van der Waals surface area contributed by atoms with Crippen molar-refractivity contribution >= 4 is 16.9 Å². The van der Waals surface area contributed by atoms with Gasteiger partial charge in [-0.15, -0.1) is 0 Å². The van der Waals surface area contributed by atoms with Crippen LogP contribution in [0.1, 0.15) is 30.6 Å². The number of hydrogen-bond acceptors (Lipinski definition) is 5. The summed E-state index contributed by atoms with van der Waals surface area (Å²) in [6, 6.07) is 7.36. The number of carbonyl (C=O) groups excluding carboxylic acids is 1. The molecule has 5 nitrogen and oxygen atoms in total. The molecule has 0 aliphatic rings. The Kier molecular flexibility index (Phi) is 4.88. The second kappa shape index (κ2) is 6.65. The molecular weight excluding hydrogens is 270 g/mol. The highest BCUT2D eigenvalue weighted by Crippen LogP contribution is 2.27. The molecule has 0 saturated heterocycles. The van der Waals surface area contributed by atoms with Crippen LogP contribution in [0.4, 0.5) is 0 Å². The molecule has 0 aliphatic carbocycles. The van der Waals surface area contributed by atoms with E-state index in [4.69, 9.17) is 4.74 Å². The largest absolute Gasteiger partial charge is 0.466 e. The van der Waals surface area contributed by atoms with Gasteiger partial charge in [0, 0.05) is 11.6 Å². The van der Waals surface area contributed by atoms with E-state index in [1.165, 1.54) is 0 Å². The summed E-state index contributed by atoms with van der Waals surface area (Å²) in [7, 11) is 0. The first-order valence-corrected chi connectivity index (χ1v) is 6.90. The van der Waals surface area contributed by atoms with Crippen LogP contribution in [0.3, 0.4) is 0 Å². The van der Waals surface area contributed by atoms with Crippen LogP contribution in [-0.2, 0) is 9.53 Å². The normalized spacial score (nSPS) is 13.9. The van der Waals surface area contributed by atoms with Gasteiger partial charge in [0.15, 0.2) is 0 Å². The Morgan fingerprint density at radius 3 is 2.81 bits per heavy atom. The predicted octanol–water partition coefficient (Wildman–Crippen LogP) is 1.89. The molecule has 0 aliphatic heterocycles. The number of pyridine rings is 1. The quantitative estimate of drug-likeness (QED) is 0.822. The number of rotatable bonds is 5. The van der Waals surface area contributed by atoms with Gasteiger partial charge in [0.05, 0.1) is 24.6 Å². The van der Waals surface area contributed by atoms with E-state index < -0.39 is 18.2 Å². The Labute approximate surface area is 123 Å². The number of benzene rings is 1. The lowest BCUT2D eigenvalue weighted by Gasteiger charge is -2.20. The number of aliphatic hydroxyl groups is 2. The maximum Gasteiger partial charge on any atom is 0.308 e. The number of aliphatic hydroxyl groups excluding tert-OH is 2. The molecule has 2 N–H and O–H groups in total. The highest BCUT2D eigenvalue weighted by atomic mass is 16.5. The van der Waals surface area contributed by atoms with Crippen molar-refractivity contribution in [3.8, 4) is 0 Å². The maximum absolute atomic E-state index is 11.4. The van der Waals surface area contributed by atoms with Crippen molar-refractivity contribution in [2.45, 2.75) is 32.5 Å². The monoisotopic (exact) mass is 289 g/mol. The average molecular weight is 289 g/mol. The molecule has 21 heavy (non-hydrogen) atoms. The minimum absolute atomic E-state index is 0.241. The van der Waals surface area contributed by atoms with Crippen molar-refractivity contribution in [1.29, 1.82) is 0 Å². The lowest BCUT2D eigenvalue weighted by Crippen LogP contribution is -2.23. The minimum atomic E-state index is -1.20. The number of aromatic nitrogens is 1. The SMILES string of the molecule is CCOC(=O)CC(O)C(O)c1ccc2cccnc2c1C. The highest BCUT2D eigenvalue weighted by Gasteiger charge is 2.24. The molecule has 5 heteroatoms. The van der Waals surface area contributed by atoms with Crippen molar-refractivity contribution in [1.82, 2.24) is 4.98 Å². The second-order valence-electron chi connectivity index (χ2n) is 4.88. The van der Waals surface area contributed by atoms with Crippen molar-refractivity contribution in [3.63, 3.8) is 0 Å². The number of ether oxygens (including phenoxy) is 1. The van der Waals surface area contributed by atoms with E-state index in [2.05, 4.69) is 4.98 Å². The third kappa shape index (κ3) is 3.37. The molecule has 0 radical (unpaired) electrons. The number of aryl methyl sites for hydroxylation is 1. The van der Waals surface area contributed by atoms with Crippen LogP contribution >= 0.6 is 0 Å². The summed E-state index contributed by atoms with van der Waals surface area (Å²) < 4.78 is 4.78. The molecule has 0 bridgehead atoms. The number of nitrogens with zero attached hydrogens (tertiary/aromatic N) is 1. The minimum Gasteiger partial charge on any atom is -0.466 e. The molecule has 0 fully saturated rings. The zero-order chi connectivity index (χ0) is 15.4. The first kappa shape index (κ1) is 15.4. The third-order valence-electron chi connectivity index (χ3n) is 3.43. The fraction of sp³-hybridized carbons (Fsp3) is 0.375. The zero-order valence-corrected chi connectivity index (χ0v) is 12.1. The van der Waals surface area contributed by atoms with Crippen LogP contribution in [0.2, 0.25) is 0 Å². The molecule has 2 rings (SSSR count). The van der Waals surface area contributed by atoms with Gasteiger partial charge in [-0.05, 0) is 31.0 Å². The molecular formula is C16H19NO4. The number of hydrogen-bond donors (Lipinski definition) is 2. The molecule has 112 valence electrons. The zero-order valence-electron chi connectivity index (χ0n) is 12.1. The molecule has 2 atom stereocenters. The fourth-order valence-corrected chi connectivity index (χ4v) is 2.34. The summed E-state index contributed by atoms with van der Waals surface area (Å²) in [5.74, 6) is -0.527. The van der Waals surface area contributed by atoms with E-state index in [0.717, 1.165) is 16.5 Å². The Morgan fingerprint density at radius 2 is 2.10 bits per heavy atom. The van der Waals surface area contributed by atoms with Gasteiger partial charge in [0.2, 0.25) is 0 Å². The fourth-order valence-electron chi connectivity index (χ4n) is 2.34. The standard InChI is InChI=1S/C16H19NO4/c1-3-21-14(19)9-13(18)16(20)12-7-6-11-5-4-8-17-15(11)10(12)2/h4-8,13,16,18,20H,3,9H2,1-2H3. The van der Waals surface area contributed by atoms with Crippen LogP contribution in [0, 0.1) is 6.92 Å². The summed E-state index contributed by atoms with van der Waals surface area (Å²) in [5.41, 5.74) is 2.14. The van der Waals surface area contributed by atoms with E-state index >= 15 is 0 Å². The smallest absolute Gasteiger partial charge is 0.308 e. The van der Waals surface area contributed by atoms with Gasteiger partial charge in [0.1, 0.15) is 6.10 Å². The highest BCUT2D eigenvalue weighted by molar-refractivity contribution is 5.82. The lowest BCUT2D eigenvalue weighted by molar-refractivity contribution is -0.147. The van der Waals surface area contributed by atoms with E-state index in [0.29, 0.717) is 5.56 Å². The first-order chi connectivity index (χ1) is 10.0. The summed E-state index contributed by atoms with van der Waals surface area (Å²) in [6.07, 6.45) is -0.917. The Hall–Kier alpha value is -1.98. The topological polar surface area (TPSA) is 79.7 Å². The third-order valence-corrected chi connectivity index (χ3v) is 3.43. The van der Waals surface area contributed by atoms with Gasteiger partial charge in [0.25, 0.3) is 0 Å². The molecule has 1 aromatic carbocycles. The van der Waals surface area contributed by atoms with Gasteiger partial charge in [-0.25, -0.2) is 0 Å². The summed E-state index contributed by atoms with van der Waals surface area (Å²) in [4.78, 5) is 15.7. The van der Waals surface area contributed by atoms with E-state index in [-0.39, 0.29) is 13.0 Å². The van der Waals surface area contributed by atoms with Crippen LogP contribution in [0.25, 0.3) is 10.9 Å². The molecule has 0 saturated carbocycles. The van der Waals surface area contributed by atoms with Gasteiger partial charge >= 0.3 is 5.97 Å². The van der Waals surface area contributed by atoms with Crippen LogP contribution in [0.5, 0.6) is 0 Å². The summed E-state index contributed by atoms with van der Waals surface area (Å²) in [5, 5.41) is 21.2. The van der Waals surface area contributed by atoms with Gasteiger partial charge in [-0.1, -0.05) is 18.2 Å². The maximum atomic E-state index is 11.4. The van der Waals surface area contributed by atoms with Crippen LogP contribution < -0.4 is 0 Å². The lowest BCUT2D eigenvalue weighted by atomic mass is 9.95. The second-order valence-corrected chi connectivity index (χ2v) is 4.88. The van der Waals surface area contributed by atoms with E-state index in [9.17, 15) is 15.0 Å². The Balaban J connectivity index is 2.24. The number of fused-ring (bicyclic) bond motifs is 1. The molecule has 2 aromatic rings. The van der Waals surface area contributed by atoms with E-state index in [1.807, 2.05) is 25.1 Å². The Bertz CT molecular complexity index is 641. The van der Waals surface area contributed by atoms with Gasteiger partial charge in [-0.3, -0.25) is 9.78 Å². The summed E-state index contributed by atoms with van der Waals surface area (Å²) in [6.45, 7) is 3.78. The predicted molar refractivity (Wildman–Crippen MR) is 78.7 cm³/mol. The van der Waals surface area contributed by atoms with Gasteiger partial charge < -0.3 is 14.9 Å². The molecule has 0 spiro atoms. The molecule has 0 amide bonds. The number of esters is 1. The summed E-state index contributed by atoms with van der Waals surface area (Å²) >= 11 is 0. The van der Waals surface area contributed by atoms with Crippen molar-refractivity contribution in [2.75, 3.05) is 6.61 Å². The van der Waals surface area contributed by atoms with Crippen molar-refractivity contribution < 1.29 is 19.7 Å². The Morgan fingerprint density at radius 1 is 1.33 bits per heavy atom. The van der Waals surface area contributed by atoms with E-state index in [1.54, 1.807) is 19.2 Å². The molecule has 2 unspecified atom stereocenters. The first-order valence-electron chi connectivity index (χ1n) is 6.90. The van der Waals surface area contributed by atoms with Gasteiger partial charge in [-0.2, -0.15) is 0 Å². The molecule has 1 heterocycles. The van der Waals surface area contributed by atoms with Crippen molar-refractivity contribution in [3.05, 3.63) is 41.6 Å². The average Bonchev–Trinajstić information content (AvgIpc) is 2.47. The number of carbonyl (C=O) groups is 1.